The topological polar surface area (TPSA) is 37.3 Å². The van der Waals surface area contributed by atoms with Crippen LogP contribution in [0.5, 0.6) is 0 Å². The fourth-order valence-corrected chi connectivity index (χ4v) is 7.99. The lowest BCUT2D eigenvalue weighted by molar-refractivity contribution is -0.157. The van der Waals surface area contributed by atoms with Crippen LogP contribution in [0.15, 0.2) is 0 Å². The van der Waals surface area contributed by atoms with Crippen molar-refractivity contribution in [3.8, 4) is 0 Å². The van der Waals surface area contributed by atoms with Crippen molar-refractivity contribution in [2.75, 3.05) is 0 Å². The van der Waals surface area contributed by atoms with Crippen molar-refractivity contribution in [2.24, 2.45) is 34.0 Å². The Bertz CT molecular complexity index is 498. The molecule has 0 unspecified atom stereocenters. The summed E-state index contributed by atoms with van der Waals surface area (Å²) in [6, 6.07) is 0. The fraction of sp³-hybridized carbons (Fsp3) is 0.950. The highest BCUT2D eigenvalue weighted by atomic mass is 16.3. The molecule has 1 N–H and O–H groups in total. The molecule has 0 heterocycles. The van der Waals surface area contributed by atoms with Gasteiger partial charge in [0.1, 0.15) is 6.29 Å². The van der Waals surface area contributed by atoms with Crippen molar-refractivity contribution in [1.82, 2.24) is 0 Å². The van der Waals surface area contributed by atoms with Crippen LogP contribution in [0.2, 0.25) is 0 Å². The summed E-state index contributed by atoms with van der Waals surface area (Å²) in [7, 11) is 0. The minimum atomic E-state index is -0.444. The molecule has 7 atom stereocenters. The summed E-state index contributed by atoms with van der Waals surface area (Å²) in [4.78, 5) is 11.9. The highest BCUT2D eigenvalue weighted by Crippen LogP contribution is 2.72. The lowest BCUT2D eigenvalue weighted by atomic mass is 9.41. The molecule has 0 aromatic rings. The number of aliphatic hydroxyl groups is 1. The Balaban J connectivity index is 1.74. The van der Waals surface area contributed by atoms with E-state index in [0.29, 0.717) is 22.7 Å². The average Bonchev–Trinajstić information content (AvgIpc) is 2.63. The molecule has 4 fully saturated rings. The second-order valence-corrected chi connectivity index (χ2v) is 10.0. The standard InChI is InChI=1S/C20H32O2/c1-17(13-21)8-4-9-18(2)15(17)7-10-20-11-14(5-6-16(18)20)19(3,22)12-20/h13-16,22H,4-12H2,1-3H3/t14-,15-,16-,17+,18-,19-,20+/m1/s1. The molecule has 0 amide bonds. The van der Waals surface area contributed by atoms with Gasteiger partial charge in [0, 0.05) is 5.41 Å². The molecule has 1 spiro atoms. The Hall–Kier alpha value is -0.370. The van der Waals surface area contributed by atoms with Crippen molar-refractivity contribution in [2.45, 2.75) is 84.2 Å². The first-order valence-electron chi connectivity index (χ1n) is 9.45. The first-order chi connectivity index (χ1) is 10.3. The van der Waals surface area contributed by atoms with Gasteiger partial charge >= 0.3 is 0 Å². The van der Waals surface area contributed by atoms with E-state index in [0.717, 1.165) is 18.8 Å². The van der Waals surface area contributed by atoms with Gasteiger partial charge in [-0.3, -0.25) is 0 Å². The van der Waals surface area contributed by atoms with Crippen LogP contribution < -0.4 is 0 Å². The summed E-state index contributed by atoms with van der Waals surface area (Å²) in [6.07, 6.45) is 12.0. The van der Waals surface area contributed by atoms with Crippen LogP contribution in [0.3, 0.4) is 0 Å². The molecule has 22 heavy (non-hydrogen) atoms. The lowest BCUT2D eigenvalue weighted by Gasteiger charge is -2.63. The molecule has 0 aliphatic heterocycles. The number of fused-ring (bicyclic) bond motifs is 3. The molecule has 4 aliphatic rings. The van der Waals surface area contributed by atoms with Crippen LogP contribution in [-0.2, 0) is 4.79 Å². The van der Waals surface area contributed by atoms with Crippen molar-refractivity contribution in [1.29, 1.82) is 0 Å². The number of carbonyl (C=O) groups excluding carboxylic acids is 1. The summed E-state index contributed by atoms with van der Waals surface area (Å²) in [6.45, 7) is 6.80. The Labute approximate surface area is 135 Å². The van der Waals surface area contributed by atoms with Crippen LogP contribution in [0.4, 0.5) is 0 Å². The smallest absolute Gasteiger partial charge is 0.126 e. The van der Waals surface area contributed by atoms with E-state index >= 15 is 0 Å². The molecule has 0 saturated heterocycles. The number of carbonyl (C=O) groups is 1. The molecule has 2 heteroatoms. The first-order valence-corrected chi connectivity index (χ1v) is 9.45. The van der Waals surface area contributed by atoms with Crippen molar-refractivity contribution in [3.05, 3.63) is 0 Å². The molecule has 4 rings (SSSR count). The zero-order valence-corrected chi connectivity index (χ0v) is 14.5. The molecule has 0 aromatic carbocycles. The van der Waals surface area contributed by atoms with Crippen LogP contribution in [0.25, 0.3) is 0 Å². The van der Waals surface area contributed by atoms with Gasteiger partial charge in [0.2, 0.25) is 0 Å². The Morgan fingerprint density at radius 1 is 1.00 bits per heavy atom. The summed E-state index contributed by atoms with van der Waals surface area (Å²) in [5.74, 6) is 1.80. The van der Waals surface area contributed by atoms with E-state index in [-0.39, 0.29) is 5.41 Å². The van der Waals surface area contributed by atoms with Crippen molar-refractivity contribution >= 4 is 6.29 Å². The van der Waals surface area contributed by atoms with Crippen molar-refractivity contribution in [3.63, 3.8) is 0 Å². The predicted octanol–water partition coefficient (Wildman–Crippen LogP) is 4.35. The number of aldehydes is 1. The zero-order chi connectivity index (χ0) is 15.8. The van der Waals surface area contributed by atoms with E-state index in [1.165, 1.54) is 51.2 Å². The van der Waals surface area contributed by atoms with Gasteiger partial charge in [-0.2, -0.15) is 0 Å². The summed E-state index contributed by atoms with van der Waals surface area (Å²) < 4.78 is 0. The maximum absolute atomic E-state index is 11.9. The van der Waals surface area contributed by atoms with Gasteiger partial charge in [0.15, 0.2) is 0 Å². The Kier molecular flexibility index (Phi) is 3.02. The Morgan fingerprint density at radius 3 is 2.50 bits per heavy atom. The zero-order valence-electron chi connectivity index (χ0n) is 14.5. The fourth-order valence-electron chi connectivity index (χ4n) is 7.99. The van der Waals surface area contributed by atoms with Gasteiger partial charge in [0.25, 0.3) is 0 Å². The number of hydrogen-bond donors (Lipinski definition) is 1. The summed E-state index contributed by atoms with van der Waals surface area (Å²) in [5.41, 5.74) is 0.142. The normalized spacial score (nSPS) is 60.5. The van der Waals surface area contributed by atoms with Crippen LogP contribution in [0, 0.1) is 34.0 Å². The molecule has 4 saturated carbocycles. The highest BCUT2D eigenvalue weighted by molar-refractivity contribution is 5.60. The SMILES string of the molecule is C[C@@]12CCC[C@@](C)(C=O)[C@H]1CC[C@@]13C[C@@H](CC[C@@H]12)[C@](C)(O)C3. The molecule has 0 radical (unpaired) electrons. The minimum Gasteiger partial charge on any atom is -0.390 e. The van der Waals surface area contributed by atoms with Gasteiger partial charge in [-0.15, -0.1) is 0 Å². The molecule has 0 aromatic heterocycles. The molecule has 4 aliphatic carbocycles. The van der Waals surface area contributed by atoms with E-state index < -0.39 is 5.60 Å². The monoisotopic (exact) mass is 304 g/mol. The number of rotatable bonds is 1. The van der Waals surface area contributed by atoms with Crippen LogP contribution >= 0.6 is 0 Å². The molecular formula is C20H32O2. The average molecular weight is 304 g/mol. The van der Waals surface area contributed by atoms with Gasteiger partial charge < -0.3 is 9.90 Å². The van der Waals surface area contributed by atoms with Gasteiger partial charge in [-0.1, -0.05) is 20.3 Å². The van der Waals surface area contributed by atoms with E-state index in [4.69, 9.17) is 0 Å². The van der Waals surface area contributed by atoms with E-state index in [1.54, 1.807) is 0 Å². The lowest BCUT2D eigenvalue weighted by Crippen LogP contribution is -2.56. The van der Waals surface area contributed by atoms with E-state index in [9.17, 15) is 9.90 Å². The van der Waals surface area contributed by atoms with E-state index in [2.05, 4.69) is 20.8 Å². The maximum atomic E-state index is 11.9. The third-order valence-electron chi connectivity index (χ3n) is 8.80. The van der Waals surface area contributed by atoms with Gasteiger partial charge in [0.05, 0.1) is 5.60 Å². The first kappa shape index (κ1) is 15.2. The number of hydrogen-bond acceptors (Lipinski definition) is 2. The largest absolute Gasteiger partial charge is 0.390 e. The second kappa shape index (κ2) is 4.37. The maximum Gasteiger partial charge on any atom is 0.126 e. The van der Waals surface area contributed by atoms with Crippen LogP contribution in [0.1, 0.15) is 78.6 Å². The minimum absolute atomic E-state index is 0.105. The second-order valence-electron chi connectivity index (χ2n) is 10.0. The summed E-state index contributed by atoms with van der Waals surface area (Å²) >= 11 is 0. The third kappa shape index (κ3) is 1.74. The quantitative estimate of drug-likeness (QED) is 0.731. The Morgan fingerprint density at radius 2 is 1.77 bits per heavy atom. The highest BCUT2D eigenvalue weighted by Gasteiger charge is 2.66. The van der Waals surface area contributed by atoms with Gasteiger partial charge in [-0.05, 0) is 86.9 Å². The van der Waals surface area contributed by atoms with Gasteiger partial charge in [-0.25, -0.2) is 0 Å². The molecule has 124 valence electrons. The summed E-state index contributed by atoms with van der Waals surface area (Å²) in [5, 5.41) is 10.9. The third-order valence-corrected chi connectivity index (χ3v) is 8.80. The molecular weight excluding hydrogens is 272 g/mol. The predicted molar refractivity (Wildman–Crippen MR) is 87.4 cm³/mol. The van der Waals surface area contributed by atoms with Crippen LogP contribution in [-0.4, -0.2) is 17.0 Å². The molecule has 2 nitrogen and oxygen atoms in total. The van der Waals surface area contributed by atoms with Crippen molar-refractivity contribution < 1.29 is 9.90 Å². The van der Waals surface area contributed by atoms with E-state index in [1.807, 2.05) is 0 Å². The molecule has 2 bridgehead atoms.